The van der Waals surface area contributed by atoms with Crippen molar-refractivity contribution in [1.29, 1.82) is 0 Å². The van der Waals surface area contributed by atoms with Gasteiger partial charge in [-0.2, -0.15) is 0 Å². The first kappa shape index (κ1) is 24.0. The number of amides is 3. The summed E-state index contributed by atoms with van der Waals surface area (Å²) in [7, 11) is -1.94. The molecule has 1 atom stereocenters. The smallest absolute Gasteiger partial charge is 0.260 e. The Bertz CT molecular complexity index is 1250. The Labute approximate surface area is 205 Å². The normalized spacial score (nSPS) is 17.9. The summed E-state index contributed by atoms with van der Waals surface area (Å²) < 4.78 is 30.7. The number of rotatable bonds is 5. The Hall–Kier alpha value is -3.12. The van der Waals surface area contributed by atoms with E-state index < -0.39 is 16.1 Å². The van der Waals surface area contributed by atoms with Gasteiger partial charge in [-0.15, -0.1) is 0 Å². The summed E-state index contributed by atoms with van der Waals surface area (Å²) in [5.41, 5.74) is 1.31. The van der Waals surface area contributed by atoms with Gasteiger partial charge in [0, 0.05) is 24.6 Å². The van der Waals surface area contributed by atoms with Crippen molar-refractivity contribution in [2.75, 3.05) is 49.2 Å². The quantitative estimate of drug-likeness (QED) is 0.603. The van der Waals surface area contributed by atoms with Crippen molar-refractivity contribution in [3.63, 3.8) is 0 Å². The predicted molar refractivity (Wildman–Crippen MR) is 129 cm³/mol. The van der Waals surface area contributed by atoms with Gasteiger partial charge in [0.1, 0.15) is 11.8 Å². The molecule has 2 heterocycles. The summed E-state index contributed by atoms with van der Waals surface area (Å²) >= 11 is 3.35. The summed E-state index contributed by atoms with van der Waals surface area (Å²) in [6, 6.07) is 10.6. The third kappa shape index (κ3) is 4.87. The maximum absolute atomic E-state index is 13.0. The van der Waals surface area contributed by atoms with Gasteiger partial charge >= 0.3 is 0 Å². The van der Waals surface area contributed by atoms with Crippen LogP contribution in [0.5, 0.6) is 5.75 Å². The number of sulfonamides is 1. The summed E-state index contributed by atoms with van der Waals surface area (Å²) in [5, 5.41) is 2.78. The molecule has 1 N–H and O–H groups in total. The number of ether oxygens (including phenoxy) is 1. The minimum absolute atomic E-state index is 0.0625. The second-order valence-corrected chi connectivity index (χ2v) is 11.0. The van der Waals surface area contributed by atoms with Gasteiger partial charge in [0.15, 0.2) is 6.61 Å². The molecular formula is C22H23BrN4O6S. The second-order valence-electron chi connectivity index (χ2n) is 8.05. The Kier molecular flexibility index (Phi) is 6.54. The lowest BCUT2D eigenvalue weighted by atomic mass is 10.1. The molecule has 0 spiro atoms. The molecule has 180 valence electrons. The van der Waals surface area contributed by atoms with Crippen molar-refractivity contribution in [3.05, 3.63) is 52.5 Å². The van der Waals surface area contributed by atoms with Gasteiger partial charge in [-0.1, -0.05) is 15.9 Å². The number of hydrogen-bond donors (Lipinski definition) is 1. The summed E-state index contributed by atoms with van der Waals surface area (Å²) in [4.78, 5) is 41.6. The molecule has 0 aromatic heterocycles. The molecular weight excluding hydrogens is 528 g/mol. The number of anilines is 2. The van der Waals surface area contributed by atoms with Crippen LogP contribution in [0.3, 0.4) is 0 Å². The van der Waals surface area contributed by atoms with E-state index in [4.69, 9.17) is 4.74 Å². The fourth-order valence-electron chi connectivity index (χ4n) is 3.83. The molecule has 4 rings (SSSR count). The molecule has 2 aromatic rings. The molecule has 0 saturated carbocycles. The van der Waals surface area contributed by atoms with Crippen molar-refractivity contribution < 1.29 is 27.5 Å². The highest BCUT2D eigenvalue weighted by molar-refractivity contribution is 9.10. The lowest BCUT2D eigenvalue weighted by Gasteiger charge is -2.39. The number of nitrogens with zero attached hydrogens (tertiary/aromatic N) is 3. The number of nitrogens with one attached hydrogen (secondary N) is 1. The molecule has 2 aliphatic rings. The van der Waals surface area contributed by atoms with Crippen molar-refractivity contribution in [3.8, 4) is 5.75 Å². The fourth-order valence-corrected chi connectivity index (χ4v) is 4.70. The van der Waals surface area contributed by atoms with Crippen LogP contribution in [0.4, 0.5) is 11.4 Å². The molecule has 3 amide bonds. The van der Waals surface area contributed by atoms with Gasteiger partial charge in [-0.25, -0.2) is 8.42 Å². The first-order chi connectivity index (χ1) is 16.0. The summed E-state index contributed by atoms with van der Waals surface area (Å²) in [6.45, 7) is 0.310. The zero-order valence-electron chi connectivity index (χ0n) is 18.5. The number of piperazine rings is 1. The SMILES string of the molecule is CN(c1ccc(OCC(=O)N2CCN3C(=O)c4cc(Br)ccc4NC(=O)C3C2)cc1)S(C)(=O)=O. The average molecular weight is 551 g/mol. The number of carbonyl (C=O) groups is 3. The van der Waals surface area contributed by atoms with Crippen LogP contribution in [0.1, 0.15) is 10.4 Å². The number of halogens is 1. The highest BCUT2D eigenvalue weighted by atomic mass is 79.9. The molecule has 12 heteroatoms. The van der Waals surface area contributed by atoms with Gasteiger partial charge in [-0.3, -0.25) is 18.7 Å². The van der Waals surface area contributed by atoms with E-state index in [-0.39, 0.29) is 44.0 Å². The van der Waals surface area contributed by atoms with Gasteiger partial charge in [0.05, 0.1) is 29.7 Å². The number of fused-ring (bicyclic) bond motifs is 2. The Morgan fingerprint density at radius 3 is 2.56 bits per heavy atom. The van der Waals surface area contributed by atoms with E-state index >= 15 is 0 Å². The summed E-state index contributed by atoms with van der Waals surface area (Å²) in [6.07, 6.45) is 1.11. The Morgan fingerprint density at radius 2 is 1.88 bits per heavy atom. The molecule has 34 heavy (non-hydrogen) atoms. The van der Waals surface area contributed by atoms with E-state index in [1.807, 2.05) is 0 Å². The largest absolute Gasteiger partial charge is 0.484 e. The van der Waals surface area contributed by atoms with E-state index in [1.54, 1.807) is 42.5 Å². The standard InChI is InChI=1S/C22H23BrN4O6S/c1-25(34(2,31)32)15-4-6-16(7-5-15)33-13-20(28)26-9-10-27-19(12-26)21(29)24-18-8-3-14(23)11-17(18)22(27)30/h3-8,11,19H,9-10,12-13H2,1-2H3,(H,24,29). The fraction of sp³-hybridized carbons (Fsp3) is 0.318. The lowest BCUT2D eigenvalue weighted by molar-refractivity contribution is -0.137. The first-order valence-corrected chi connectivity index (χ1v) is 13.0. The van der Waals surface area contributed by atoms with Crippen LogP contribution in [0.15, 0.2) is 46.9 Å². The van der Waals surface area contributed by atoms with E-state index in [1.165, 1.54) is 16.8 Å². The molecule has 0 bridgehead atoms. The van der Waals surface area contributed by atoms with Gasteiger partial charge in [0.2, 0.25) is 15.9 Å². The zero-order chi connectivity index (χ0) is 24.6. The first-order valence-electron chi connectivity index (χ1n) is 10.4. The summed E-state index contributed by atoms with van der Waals surface area (Å²) in [5.74, 6) is -0.525. The van der Waals surface area contributed by atoms with Gasteiger partial charge in [-0.05, 0) is 42.5 Å². The van der Waals surface area contributed by atoms with E-state index in [9.17, 15) is 22.8 Å². The molecule has 1 fully saturated rings. The van der Waals surface area contributed by atoms with Crippen LogP contribution in [0.25, 0.3) is 0 Å². The zero-order valence-corrected chi connectivity index (χ0v) is 20.9. The van der Waals surface area contributed by atoms with E-state index in [0.29, 0.717) is 22.7 Å². The molecule has 0 radical (unpaired) electrons. The van der Waals surface area contributed by atoms with Crippen molar-refractivity contribution in [2.45, 2.75) is 6.04 Å². The highest BCUT2D eigenvalue weighted by Gasteiger charge is 2.40. The van der Waals surface area contributed by atoms with Crippen molar-refractivity contribution >= 4 is 55.0 Å². The third-order valence-corrected chi connectivity index (χ3v) is 7.53. The molecule has 1 unspecified atom stereocenters. The Balaban J connectivity index is 1.39. The van der Waals surface area contributed by atoms with Crippen LogP contribution < -0.4 is 14.4 Å². The van der Waals surface area contributed by atoms with Crippen LogP contribution in [-0.2, 0) is 19.6 Å². The van der Waals surface area contributed by atoms with Crippen molar-refractivity contribution in [2.24, 2.45) is 0 Å². The van der Waals surface area contributed by atoms with Crippen LogP contribution >= 0.6 is 15.9 Å². The van der Waals surface area contributed by atoms with Gasteiger partial charge in [0.25, 0.3) is 11.8 Å². The second kappa shape index (κ2) is 9.26. The number of carbonyl (C=O) groups excluding carboxylic acids is 3. The predicted octanol–water partition coefficient (Wildman–Crippen LogP) is 1.53. The van der Waals surface area contributed by atoms with E-state index in [0.717, 1.165) is 15.0 Å². The van der Waals surface area contributed by atoms with E-state index in [2.05, 4.69) is 21.2 Å². The third-order valence-electron chi connectivity index (χ3n) is 5.83. The molecule has 2 aliphatic heterocycles. The maximum Gasteiger partial charge on any atom is 0.260 e. The molecule has 2 aromatic carbocycles. The van der Waals surface area contributed by atoms with Crippen LogP contribution in [0.2, 0.25) is 0 Å². The molecule has 0 aliphatic carbocycles. The lowest BCUT2D eigenvalue weighted by Crippen LogP contribution is -2.60. The van der Waals surface area contributed by atoms with Crippen LogP contribution in [0, 0.1) is 0 Å². The number of hydrogen-bond acceptors (Lipinski definition) is 6. The Morgan fingerprint density at radius 1 is 1.18 bits per heavy atom. The average Bonchev–Trinajstić information content (AvgIpc) is 2.91. The topological polar surface area (TPSA) is 116 Å². The van der Waals surface area contributed by atoms with Crippen molar-refractivity contribution in [1.82, 2.24) is 9.80 Å². The maximum atomic E-state index is 13.0. The van der Waals surface area contributed by atoms with Crippen LogP contribution in [-0.4, -0.2) is 81.5 Å². The molecule has 1 saturated heterocycles. The number of benzene rings is 2. The minimum atomic E-state index is -3.38. The highest BCUT2D eigenvalue weighted by Crippen LogP contribution is 2.28. The minimum Gasteiger partial charge on any atom is -0.484 e. The molecule has 10 nitrogen and oxygen atoms in total. The monoisotopic (exact) mass is 550 g/mol. The van der Waals surface area contributed by atoms with Gasteiger partial charge < -0.3 is 19.9 Å².